The fourth-order valence-corrected chi connectivity index (χ4v) is 2.31. The van der Waals surface area contributed by atoms with Gasteiger partial charge >= 0.3 is 0 Å². The van der Waals surface area contributed by atoms with Crippen LogP contribution in [0.25, 0.3) is 10.9 Å². The van der Waals surface area contributed by atoms with Gasteiger partial charge in [-0.3, -0.25) is 0 Å². The van der Waals surface area contributed by atoms with E-state index in [-0.39, 0.29) is 6.04 Å². The largest absolute Gasteiger partial charge is 0.357 e. The van der Waals surface area contributed by atoms with Gasteiger partial charge in [-0.05, 0) is 30.0 Å². The summed E-state index contributed by atoms with van der Waals surface area (Å²) < 4.78 is 0. The van der Waals surface area contributed by atoms with Crippen LogP contribution in [-0.4, -0.2) is 4.98 Å². The Labute approximate surface area is 106 Å². The van der Waals surface area contributed by atoms with Crippen molar-refractivity contribution in [3.63, 3.8) is 0 Å². The normalized spacial score (nSPS) is 12.8. The van der Waals surface area contributed by atoms with E-state index in [4.69, 9.17) is 5.73 Å². The number of rotatable bonds is 2. The number of hydrogen-bond acceptors (Lipinski definition) is 1. The van der Waals surface area contributed by atoms with Crippen molar-refractivity contribution in [2.45, 2.75) is 13.0 Å². The van der Waals surface area contributed by atoms with E-state index < -0.39 is 0 Å². The zero-order chi connectivity index (χ0) is 12.5. The highest BCUT2D eigenvalue weighted by Gasteiger charge is 2.11. The highest BCUT2D eigenvalue weighted by molar-refractivity contribution is 5.80. The summed E-state index contributed by atoms with van der Waals surface area (Å²) in [4.78, 5) is 3.39. The average molecular weight is 236 g/mol. The van der Waals surface area contributed by atoms with Crippen LogP contribution in [-0.2, 0) is 0 Å². The van der Waals surface area contributed by atoms with E-state index in [1.807, 2.05) is 18.2 Å². The SMILES string of the molecule is Cc1cccc([C@@H](N)c2cc3ccccc3[nH]2)c1. The van der Waals surface area contributed by atoms with Crippen molar-refractivity contribution in [2.75, 3.05) is 0 Å². The van der Waals surface area contributed by atoms with E-state index in [0.29, 0.717) is 0 Å². The number of aryl methyl sites for hydroxylation is 1. The van der Waals surface area contributed by atoms with E-state index in [1.165, 1.54) is 10.9 Å². The van der Waals surface area contributed by atoms with Crippen LogP contribution < -0.4 is 5.73 Å². The molecule has 2 aromatic carbocycles. The molecule has 3 rings (SSSR count). The van der Waals surface area contributed by atoms with Gasteiger partial charge in [-0.25, -0.2) is 0 Å². The van der Waals surface area contributed by atoms with Crippen molar-refractivity contribution < 1.29 is 0 Å². The summed E-state index contributed by atoms with van der Waals surface area (Å²) in [5, 5.41) is 1.20. The lowest BCUT2D eigenvalue weighted by molar-refractivity contribution is 0.841. The van der Waals surface area contributed by atoms with Crippen molar-refractivity contribution >= 4 is 10.9 Å². The van der Waals surface area contributed by atoms with Crippen LogP contribution in [0.1, 0.15) is 22.9 Å². The topological polar surface area (TPSA) is 41.8 Å². The Morgan fingerprint density at radius 1 is 1.00 bits per heavy atom. The molecule has 2 heteroatoms. The Bertz CT molecular complexity index is 649. The maximum absolute atomic E-state index is 6.32. The minimum Gasteiger partial charge on any atom is -0.357 e. The summed E-state index contributed by atoms with van der Waals surface area (Å²) in [6.45, 7) is 2.08. The zero-order valence-corrected chi connectivity index (χ0v) is 10.4. The third-order valence-corrected chi connectivity index (χ3v) is 3.29. The van der Waals surface area contributed by atoms with Crippen LogP contribution >= 0.6 is 0 Å². The third kappa shape index (κ3) is 1.91. The molecule has 0 saturated carbocycles. The van der Waals surface area contributed by atoms with E-state index in [1.54, 1.807) is 0 Å². The summed E-state index contributed by atoms with van der Waals surface area (Å²) in [6, 6.07) is 18.6. The number of nitrogens with two attached hydrogens (primary N) is 1. The number of para-hydroxylation sites is 1. The minimum atomic E-state index is -0.0997. The first-order valence-corrected chi connectivity index (χ1v) is 6.14. The van der Waals surface area contributed by atoms with Gasteiger partial charge in [0, 0.05) is 11.2 Å². The molecule has 0 fully saturated rings. The van der Waals surface area contributed by atoms with Crippen molar-refractivity contribution in [3.8, 4) is 0 Å². The molecule has 0 bridgehead atoms. The van der Waals surface area contributed by atoms with Crippen LogP contribution in [0.15, 0.2) is 54.6 Å². The van der Waals surface area contributed by atoms with Gasteiger partial charge in [-0.15, -0.1) is 0 Å². The quantitative estimate of drug-likeness (QED) is 0.702. The number of fused-ring (bicyclic) bond motifs is 1. The van der Waals surface area contributed by atoms with Gasteiger partial charge in [0.15, 0.2) is 0 Å². The van der Waals surface area contributed by atoms with Gasteiger partial charge in [0.05, 0.1) is 6.04 Å². The van der Waals surface area contributed by atoms with Gasteiger partial charge in [0.25, 0.3) is 0 Å². The van der Waals surface area contributed by atoms with Gasteiger partial charge in [-0.1, -0.05) is 48.0 Å². The van der Waals surface area contributed by atoms with Crippen LogP contribution in [0.4, 0.5) is 0 Å². The molecule has 3 aromatic rings. The average Bonchev–Trinajstić information content (AvgIpc) is 2.81. The lowest BCUT2D eigenvalue weighted by Gasteiger charge is -2.10. The van der Waals surface area contributed by atoms with Crippen molar-refractivity contribution in [1.29, 1.82) is 0 Å². The standard InChI is InChI=1S/C16H16N2/c1-11-5-4-7-13(9-11)16(17)15-10-12-6-2-3-8-14(12)18-15/h2-10,16,18H,17H2,1H3/t16-/m1/s1. The monoisotopic (exact) mass is 236 g/mol. The molecule has 0 unspecified atom stereocenters. The number of H-pyrrole nitrogens is 1. The molecule has 0 saturated heterocycles. The fourth-order valence-electron chi connectivity index (χ4n) is 2.31. The first kappa shape index (κ1) is 11.1. The van der Waals surface area contributed by atoms with E-state index in [0.717, 1.165) is 16.8 Å². The Morgan fingerprint density at radius 2 is 1.83 bits per heavy atom. The molecule has 3 N–H and O–H groups in total. The van der Waals surface area contributed by atoms with E-state index in [2.05, 4.69) is 48.3 Å². The molecule has 0 aliphatic rings. The second kappa shape index (κ2) is 4.31. The minimum absolute atomic E-state index is 0.0997. The molecule has 0 spiro atoms. The Balaban J connectivity index is 2.03. The van der Waals surface area contributed by atoms with Gasteiger partial charge in [0.1, 0.15) is 0 Å². The molecule has 0 amide bonds. The molecular formula is C16H16N2. The molecule has 0 radical (unpaired) electrons. The zero-order valence-electron chi connectivity index (χ0n) is 10.4. The Hall–Kier alpha value is -2.06. The third-order valence-electron chi connectivity index (χ3n) is 3.29. The van der Waals surface area contributed by atoms with Crippen molar-refractivity contribution in [2.24, 2.45) is 5.73 Å². The first-order chi connectivity index (χ1) is 8.74. The summed E-state index contributed by atoms with van der Waals surface area (Å²) in [5.74, 6) is 0. The smallest absolute Gasteiger partial charge is 0.0704 e. The number of benzene rings is 2. The van der Waals surface area contributed by atoms with Gasteiger partial charge in [-0.2, -0.15) is 0 Å². The van der Waals surface area contributed by atoms with E-state index in [9.17, 15) is 0 Å². The molecule has 90 valence electrons. The summed E-state index contributed by atoms with van der Waals surface area (Å²) in [6.07, 6.45) is 0. The van der Waals surface area contributed by atoms with Crippen molar-refractivity contribution in [1.82, 2.24) is 4.98 Å². The lowest BCUT2D eigenvalue weighted by Crippen LogP contribution is -2.12. The lowest BCUT2D eigenvalue weighted by atomic mass is 10.0. The number of nitrogens with one attached hydrogen (secondary N) is 1. The predicted molar refractivity (Wildman–Crippen MR) is 75.5 cm³/mol. The first-order valence-electron chi connectivity index (χ1n) is 6.14. The molecule has 18 heavy (non-hydrogen) atoms. The molecule has 1 aromatic heterocycles. The fraction of sp³-hybridized carbons (Fsp3) is 0.125. The summed E-state index contributed by atoms with van der Waals surface area (Å²) >= 11 is 0. The molecular weight excluding hydrogens is 220 g/mol. The number of hydrogen-bond donors (Lipinski definition) is 2. The Morgan fingerprint density at radius 3 is 2.61 bits per heavy atom. The maximum atomic E-state index is 6.32. The number of aromatic nitrogens is 1. The number of aromatic amines is 1. The highest BCUT2D eigenvalue weighted by Crippen LogP contribution is 2.23. The van der Waals surface area contributed by atoms with Gasteiger partial charge in [0.2, 0.25) is 0 Å². The highest BCUT2D eigenvalue weighted by atomic mass is 14.8. The second-order valence-corrected chi connectivity index (χ2v) is 4.70. The summed E-state index contributed by atoms with van der Waals surface area (Å²) in [7, 11) is 0. The van der Waals surface area contributed by atoms with Crippen LogP contribution in [0.5, 0.6) is 0 Å². The predicted octanol–water partition coefficient (Wildman–Crippen LogP) is 3.52. The molecule has 0 aliphatic heterocycles. The molecule has 1 atom stereocenters. The van der Waals surface area contributed by atoms with Crippen LogP contribution in [0.2, 0.25) is 0 Å². The Kier molecular flexibility index (Phi) is 2.65. The van der Waals surface area contributed by atoms with Crippen LogP contribution in [0, 0.1) is 6.92 Å². The maximum Gasteiger partial charge on any atom is 0.0704 e. The molecule has 1 heterocycles. The van der Waals surface area contributed by atoms with E-state index >= 15 is 0 Å². The summed E-state index contributed by atoms with van der Waals surface area (Å²) in [5.41, 5.74) is 10.9. The molecule has 0 aliphatic carbocycles. The molecule has 2 nitrogen and oxygen atoms in total. The van der Waals surface area contributed by atoms with Crippen molar-refractivity contribution in [3.05, 3.63) is 71.4 Å². The second-order valence-electron chi connectivity index (χ2n) is 4.70. The van der Waals surface area contributed by atoms with Gasteiger partial charge < -0.3 is 10.7 Å². The van der Waals surface area contributed by atoms with Crippen LogP contribution in [0.3, 0.4) is 0 Å².